The average molecular weight is 471 g/mol. The molecule has 0 radical (unpaired) electrons. The molecule has 1 saturated heterocycles. The van der Waals surface area contributed by atoms with Gasteiger partial charge in [-0.25, -0.2) is 0 Å². The number of carbonyl (C=O) groups is 1. The second kappa shape index (κ2) is 12.9. The van der Waals surface area contributed by atoms with Crippen molar-refractivity contribution < 1.29 is 14.3 Å². The minimum absolute atomic E-state index is 0.0665. The second-order valence-electron chi connectivity index (χ2n) is 8.64. The van der Waals surface area contributed by atoms with Gasteiger partial charge in [0, 0.05) is 43.9 Å². The maximum Gasteiger partial charge on any atom is 0.253 e. The van der Waals surface area contributed by atoms with Gasteiger partial charge in [0.05, 0.1) is 19.8 Å². The van der Waals surface area contributed by atoms with Gasteiger partial charge >= 0.3 is 0 Å². The maximum absolute atomic E-state index is 13.2. The molecule has 1 heterocycles. The molecule has 0 aliphatic carbocycles. The van der Waals surface area contributed by atoms with Crippen molar-refractivity contribution >= 4 is 12.0 Å². The Morgan fingerprint density at radius 1 is 0.886 bits per heavy atom. The van der Waals surface area contributed by atoms with Crippen molar-refractivity contribution in [3.05, 3.63) is 107 Å². The van der Waals surface area contributed by atoms with E-state index in [2.05, 4.69) is 29.2 Å². The van der Waals surface area contributed by atoms with Crippen LogP contribution in [0, 0.1) is 0 Å². The summed E-state index contributed by atoms with van der Waals surface area (Å²) in [6.45, 7) is 7.53. The first-order valence-electron chi connectivity index (χ1n) is 12.3. The SMILES string of the molecule is CCOc1ccc(C(=O)N2CCN(C/C=C/c3ccccc3)CC2)cc1COCc1ccccc1. The summed E-state index contributed by atoms with van der Waals surface area (Å²) in [6, 6.07) is 26.1. The predicted molar refractivity (Wildman–Crippen MR) is 140 cm³/mol. The first-order chi connectivity index (χ1) is 17.2. The number of nitrogens with zero attached hydrogens (tertiary/aromatic N) is 2. The summed E-state index contributed by atoms with van der Waals surface area (Å²) < 4.78 is 11.7. The van der Waals surface area contributed by atoms with E-state index >= 15 is 0 Å². The zero-order chi connectivity index (χ0) is 24.3. The number of carbonyl (C=O) groups excluding carboxylic acids is 1. The third-order valence-corrected chi connectivity index (χ3v) is 6.11. The normalized spacial score (nSPS) is 14.4. The minimum atomic E-state index is 0.0665. The monoisotopic (exact) mass is 470 g/mol. The van der Waals surface area contributed by atoms with Crippen LogP contribution >= 0.6 is 0 Å². The number of rotatable bonds is 10. The van der Waals surface area contributed by atoms with E-state index in [4.69, 9.17) is 9.47 Å². The van der Waals surface area contributed by atoms with Crippen LogP contribution in [-0.4, -0.2) is 55.0 Å². The van der Waals surface area contributed by atoms with Gasteiger partial charge in [-0.05, 0) is 36.2 Å². The summed E-state index contributed by atoms with van der Waals surface area (Å²) in [5, 5.41) is 0. The van der Waals surface area contributed by atoms with Crippen LogP contribution in [0.1, 0.15) is 34.0 Å². The smallest absolute Gasteiger partial charge is 0.253 e. The topological polar surface area (TPSA) is 42.0 Å². The van der Waals surface area contributed by atoms with Gasteiger partial charge < -0.3 is 14.4 Å². The van der Waals surface area contributed by atoms with E-state index in [1.165, 1.54) is 5.56 Å². The number of hydrogen-bond donors (Lipinski definition) is 0. The molecule has 0 aromatic heterocycles. The van der Waals surface area contributed by atoms with Crippen LogP contribution < -0.4 is 4.74 Å². The van der Waals surface area contributed by atoms with Crippen molar-refractivity contribution in [3.8, 4) is 5.75 Å². The largest absolute Gasteiger partial charge is 0.494 e. The lowest BCUT2D eigenvalue weighted by molar-refractivity contribution is 0.0649. The Balaban J connectivity index is 1.32. The molecule has 1 aliphatic rings. The standard InChI is InChI=1S/C30H34N2O3/c1-2-35-29-16-15-27(22-28(29)24-34-23-26-12-7-4-8-13-26)30(33)32-20-18-31(19-21-32)17-9-14-25-10-5-3-6-11-25/h3-16,22H,2,17-21,23-24H2,1H3/b14-9+. The van der Waals surface area contributed by atoms with E-state index in [1.54, 1.807) is 0 Å². The molecule has 5 heteroatoms. The predicted octanol–water partition coefficient (Wildman–Crippen LogP) is 5.27. The third kappa shape index (κ3) is 7.28. The quantitative estimate of drug-likeness (QED) is 0.405. The summed E-state index contributed by atoms with van der Waals surface area (Å²) in [4.78, 5) is 17.6. The van der Waals surface area contributed by atoms with Crippen LogP contribution in [0.2, 0.25) is 0 Å². The van der Waals surface area contributed by atoms with Gasteiger partial charge in [-0.15, -0.1) is 0 Å². The van der Waals surface area contributed by atoms with Gasteiger partial charge in [0.25, 0.3) is 5.91 Å². The Labute approximate surface area is 208 Å². The number of amides is 1. The molecule has 0 saturated carbocycles. The van der Waals surface area contributed by atoms with Gasteiger partial charge in [0.2, 0.25) is 0 Å². The van der Waals surface area contributed by atoms with Crippen molar-refractivity contribution in [1.29, 1.82) is 0 Å². The van der Waals surface area contributed by atoms with E-state index in [0.717, 1.165) is 49.6 Å². The third-order valence-electron chi connectivity index (χ3n) is 6.11. The van der Waals surface area contributed by atoms with Gasteiger partial charge in [-0.2, -0.15) is 0 Å². The van der Waals surface area contributed by atoms with Crippen LogP contribution in [0.5, 0.6) is 5.75 Å². The summed E-state index contributed by atoms with van der Waals surface area (Å²) in [5.74, 6) is 0.837. The lowest BCUT2D eigenvalue weighted by Crippen LogP contribution is -2.48. The minimum Gasteiger partial charge on any atom is -0.494 e. The van der Waals surface area contributed by atoms with Crippen LogP contribution in [-0.2, 0) is 18.0 Å². The van der Waals surface area contributed by atoms with Gasteiger partial charge in [-0.3, -0.25) is 9.69 Å². The molecule has 4 rings (SSSR count). The Morgan fingerprint density at radius 2 is 1.60 bits per heavy atom. The zero-order valence-electron chi connectivity index (χ0n) is 20.4. The summed E-state index contributed by atoms with van der Waals surface area (Å²) in [5.41, 5.74) is 3.91. The molecule has 35 heavy (non-hydrogen) atoms. The molecule has 0 atom stereocenters. The summed E-state index contributed by atoms with van der Waals surface area (Å²) >= 11 is 0. The first-order valence-corrected chi connectivity index (χ1v) is 12.3. The van der Waals surface area contributed by atoms with Crippen molar-refractivity contribution in [2.24, 2.45) is 0 Å². The van der Waals surface area contributed by atoms with Gasteiger partial charge in [0.1, 0.15) is 5.75 Å². The molecule has 0 spiro atoms. The molecule has 5 nitrogen and oxygen atoms in total. The molecule has 1 amide bonds. The number of benzene rings is 3. The van der Waals surface area contributed by atoms with Gasteiger partial charge in [0.15, 0.2) is 0 Å². The lowest BCUT2D eigenvalue weighted by atomic mass is 10.1. The van der Waals surface area contributed by atoms with Crippen molar-refractivity contribution in [3.63, 3.8) is 0 Å². The van der Waals surface area contributed by atoms with E-state index in [-0.39, 0.29) is 5.91 Å². The zero-order valence-corrected chi connectivity index (χ0v) is 20.4. The summed E-state index contributed by atoms with van der Waals surface area (Å²) in [7, 11) is 0. The van der Waals surface area contributed by atoms with E-state index in [0.29, 0.717) is 25.4 Å². The maximum atomic E-state index is 13.2. The highest BCUT2D eigenvalue weighted by atomic mass is 16.5. The summed E-state index contributed by atoms with van der Waals surface area (Å²) in [6.07, 6.45) is 4.35. The molecule has 0 unspecified atom stereocenters. The van der Waals surface area contributed by atoms with E-state index < -0.39 is 0 Å². The molecular weight excluding hydrogens is 436 g/mol. The molecule has 1 aliphatic heterocycles. The van der Waals surface area contributed by atoms with E-state index in [1.807, 2.05) is 78.6 Å². The average Bonchev–Trinajstić information content (AvgIpc) is 2.91. The highest BCUT2D eigenvalue weighted by molar-refractivity contribution is 5.94. The number of piperazine rings is 1. The molecule has 0 N–H and O–H groups in total. The van der Waals surface area contributed by atoms with Crippen LogP contribution in [0.4, 0.5) is 0 Å². The molecule has 3 aromatic rings. The van der Waals surface area contributed by atoms with Crippen LogP contribution in [0.3, 0.4) is 0 Å². The Hall–Kier alpha value is -3.41. The van der Waals surface area contributed by atoms with Gasteiger partial charge in [-0.1, -0.05) is 72.8 Å². The van der Waals surface area contributed by atoms with Crippen molar-refractivity contribution in [2.75, 3.05) is 39.3 Å². The second-order valence-corrected chi connectivity index (χ2v) is 8.64. The van der Waals surface area contributed by atoms with Crippen molar-refractivity contribution in [2.45, 2.75) is 20.1 Å². The number of ether oxygens (including phenoxy) is 2. The fourth-order valence-corrected chi connectivity index (χ4v) is 4.19. The molecular formula is C30H34N2O3. The van der Waals surface area contributed by atoms with Crippen LogP contribution in [0.25, 0.3) is 6.08 Å². The lowest BCUT2D eigenvalue weighted by Gasteiger charge is -2.34. The highest BCUT2D eigenvalue weighted by Gasteiger charge is 2.22. The fraction of sp³-hybridized carbons (Fsp3) is 0.300. The fourth-order valence-electron chi connectivity index (χ4n) is 4.19. The number of hydrogen-bond acceptors (Lipinski definition) is 4. The Bertz CT molecular complexity index is 1090. The van der Waals surface area contributed by atoms with Crippen molar-refractivity contribution in [1.82, 2.24) is 9.80 Å². The van der Waals surface area contributed by atoms with Crippen LogP contribution in [0.15, 0.2) is 84.9 Å². The van der Waals surface area contributed by atoms with E-state index in [9.17, 15) is 4.79 Å². The molecule has 3 aromatic carbocycles. The molecule has 0 bridgehead atoms. The highest BCUT2D eigenvalue weighted by Crippen LogP contribution is 2.23. The molecule has 182 valence electrons. The first kappa shape index (κ1) is 24.7. The Kier molecular flexibility index (Phi) is 9.10. The Morgan fingerprint density at radius 3 is 2.31 bits per heavy atom. The molecule has 1 fully saturated rings.